The summed E-state index contributed by atoms with van der Waals surface area (Å²) in [6, 6.07) is 57.1. The van der Waals surface area contributed by atoms with E-state index in [0.29, 0.717) is 0 Å². The first-order valence-corrected chi connectivity index (χ1v) is 15.2. The van der Waals surface area contributed by atoms with Gasteiger partial charge in [-0.15, -0.1) is 108 Å². The smallest absolute Gasteiger partial charge is 0.304 e. The van der Waals surface area contributed by atoms with Gasteiger partial charge in [0.05, 0.1) is 0 Å². The van der Waals surface area contributed by atoms with Crippen molar-refractivity contribution in [3.05, 3.63) is 187 Å². The van der Waals surface area contributed by atoms with E-state index in [0.717, 1.165) is 61.9 Å². The third kappa shape index (κ3) is 10.2. The third-order valence-electron chi connectivity index (χ3n) is 7.06. The van der Waals surface area contributed by atoms with Crippen molar-refractivity contribution in [2.45, 2.75) is 27.2 Å². The van der Waals surface area contributed by atoms with Crippen LogP contribution in [-0.2, 0) is 26.5 Å². The zero-order chi connectivity index (χ0) is 32.8. The van der Waals surface area contributed by atoms with E-state index in [9.17, 15) is 0 Å². The topological polar surface area (TPSA) is 38.7 Å². The molecule has 3 nitrogen and oxygen atoms in total. The van der Waals surface area contributed by atoms with E-state index in [2.05, 4.69) is 45.3 Å². The molecule has 4 heteroatoms. The van der Waals surface area contributed by atoms with Gasteiger partial charge in [0.1, 0.15) is 0 Å². The number of aromatic nitrogens is 3. The summed E-state index contributed by atoms with van der Waals surface area (Å²) in [6.45, 7) is 5.87. The summed E-state index contributed by atoms with van der Waals surface area (Å²) in [7, 11) is 0. The van der Waals surface area contributed by atoms with Crippen molar-refractivity contribution in [3.63, 3.8) is 0 Å². The maximum Gasteiger partial charge on any atom is 3.00 e. The molecule has 232 valence electrons. The van der Waals surface area contributed by atoms with Crippen LogP contribution in [-0.4, -0.2) is 15.0 Å². The Bertz CT molecular complexity index is 1890. The molecule has 1 atom stereocenters. The first-order chi connectivity index (χ1) is 23.0. The van der Waals surface area contributed by atoms with Gasteiger partial charge in [0.15, 0.2) is 0 Å². The molecule has 0 aliphatic heterocycles. The Morgan fingerprint density at radius 3 is 1.45 bits per heavy atom. The normalized spacial score (nSPS) is 10.9. The molecule has 0 fully saturated rings. The van der Waals surface area contributed by atoms with Crippen LogP contribution in [0.5, 0.6) is 0 Å². The van der Waals surface area contributed by atoms with Gasteiger partial charge in [0.2, 0.25) is 0 Å². The fourth-order valence-electron chi connectivity index (χ4n) is 4.76. The maximum atomic E-state index is 8.13. The molecule has 3 aromatic heterocycles. The molecule has 0 amide bonds. The quantitative estimate of drug-likeness (QED) is 0.163. The van der Waals surface area contributed by atoms with Gasteiger partial charge in [-0.2, -0.15) is 0 Å². The number of pyridine rings is 3. The van der Waals surface area contributed by atoms with Gasteiger partial charge >= 0.3 is 20.1 Å². The van der Waals surface area contributed by atoms with Crippen LogP contribution in [0.4, 0.5) is 0 Å². The minimum atomic E-state index is -0.300. The minimum absolute atomic E-state index is 0. The van der Waals surface area contributed by atoms with Crippen LogP contribution in [0.1, 0.15) is 25.2 Å². The van der Waals surface area contributed by atoms with Gasteiger partial charge in [-0.3, -0.25) is 0 Å². The average Bonchev–Trinajstić information content (AvgIpc) is 3.13. The van der Waals surface area contributed by atoms with Crippen molar-refractivity contribution < 1.29 is 21.5 Å². The maximum absolute atomic E-state index is 8.13. The molecule has 0 saturated carbocycles. The van der Waals surface area contributed by atoms with Crippen molar-refractivity contribution in [3.8, 4) is 44.9 Å². The molecule has 7 rings (SSSR count). The Labute approximate surface area is 294 Å². The van der Waals surface area contributed by atoms with Crippen LogP contribution in [0.3, 0.4) is 0 Å². The SMILES string of the molecule is Cc1cccc(-c2[c-]cccc2)n1.Cc1cccc(-c2[c-]cccc2)n1.[2H]C(C)c1cc(-c2[c-]cccc2)ncc1-c1ccccc1.[Ir+3]. The molecular formula is C43H36IrN3. The molecule has 0 aliphatic rings. The monoisotopic (exact) mass is 788 g/mol. The van der Waals surface area contributed by atoms with Crippen molar-refractivity contribution in [1.29, 1.82) is 0 Å². The molecule has 0 spiro atoms. The number of nitrogens with zero attached hydrogens (tertiary/aromatic N) is 3. The van der Waals surface area contributed by atoms with Crippen LogP contribution < -0.4 is 0 Å². The molecule has 1 unspecified atom stereocenters. The first kappa shape index (κ1) is 33.3. The first-order valence-electron chi connectivity index (χ1n) is 15.8. The standard InChI is InChI=1S/C19H16N.2C12H10N.Ir/c1-2-15-13-19(17-11-7-4-8-12-17)20-14-18(15)16-9-5-3-6-10-16;2*1-10-6-5-9-12(13-10)11-7-3-2-4-8-11;/h3-11,13-14H,2H2,1H3;2*2-7,9H,1H3;/q3*-1;+3/i2D;;;. The van der Waals surface area contributed by atoms with Crippen LogP contribution in [0.15, 0.2) is 152 Å². The van der Waals surface area contributed by atoms with Crippen LogP contribution >= 0.6 is 0 Å². The Morgan fingerprint density at radius 2 is 1.02 bits per heavy atom. The second-order valence-corrected chi connectivity index (χ2v) is 10.5. The molecule has 47 heavy (non-hydrogen) atoms. The number of benzene rings is 4. The van der Waals surface area contributed by atoms with Crippen molar-refractivity contribution in [2.75, 3.05) is 0 Å². The summed E-state index contributed by atoms with van der Waals surface area (Å²) >= 11 is 0. The predicted molar refractivity (Wildman–Crippen MR) is 190 cm³/mol. The molecule has 0 radical (unpaired) electrons. The predicted octanol–water partition coefficient (Wildman–Crippen LogP) is 10.5. The molecule has 0 saturated heterocycles. The Morgan fingerprint density at radius 1 is 0.553 bits per heavy atom. The van der Waals surface area contributed by atoms with Gasteiger partial charge in [-0.05, 0) is 60.6 Å². The van der Waals surface area contributed by atoms with Crippen molar-refractivity contribution in [2.24, 2.45) is 0 Å². The van der Waals surface area contributed by atoms with Gasteiger partial charge in [0.25, 0.3) is 0 Å². The van der Waals surface area contributed by atoms with E-state index < -0.39 is 0 Å². The average molecular weight is 788 g/mol. The van der Waals surface area contributed by atoms with E-state index in [4.69, 9.17) is 1.37 Å². The van der Waals surface area contributed by atoms with Crippen LogP contribution in [0.25, 0.3) is 44.9 Å². The largest absolute Gasteiger partial charge is 3.00 e. The van der Waals surface area contributed by atoms with E-state index >= 15 is 0 Å². The number of aryl methyl sites for hydroxylation is 3. The van der Waals surface area contributed by atoms with Crippen molar-refractivity contribution in [1.82, 2.24) is 15.0 Å². The molecule has 4 aromatic carbocycles. The molecular weight excluding hydrogens is 751 g/mol. The minimum Gasteiger partial charge on any atom is -0.304 e. The van der Waals surface area contributed by atoms with Gasteiger partial charge in [-0.25, -0.2) is 0 Å². The van der Waals surface area contributed by atoms with Gasteiger partial charge in [-0.1, -0.05) is 67.6 Å². The van der Waals surface area contributed by atoms with Crippen LogP contribution in [0.2, 0.25) is 0 Å². The third-order valence-corrected chi connectivity index (χ3v) is 7.06. The molecule has 7 aromatic rings. The number of rotatable bonds is 5. The Balaban J connectivity index is 0.000000168. The summed E-state index contributed by atoms with van der Waals surface area (Å²) in [5.74, 6) is 0. The summed E-state index contributed by atoms with van der Waals surface area (Å²) < 4.78 is 8.13. The van der Waals surface area contributed by atoms with Gasteiger partial charge < -0.3 is 15.0 Å². The van der Waals surface area contributed by atoms with E-state index in [1.54, 1.807) is 0 Å². The van der Waals surface area contributed by atoms with E-state index in [1.807, 2.05) is 160 Å². The molecule has 3 heterocycles. The second kappa shape index (κ2) is 18.2. The zero-order valence-corrected chi connectivity index (χ0v) is 29.1. The summed E-state index contributed by atoms with van der Waals surface area (Å²) in [5, 5.41) is 0. The summed E-state index contributed by atoms with van der Waals surface area (Å²) in [4.78, 5) is 13.4. The number of hydrogen-bond donors (Lipinski definition) is 0. The van der Waals surface area contributed by atoms with E-state index in [-0.39, 0.29) is 26.5 Å². The Hall–Kier alpha value is -5.02. The molecule has 0 N–H and O–H groups in total. The van der Waals surface area contributed by atoms with Gasteiger partial charge in [0, 0.05) is 24.5 Å². The second-order valence-electron chi connectivity index (χ2n) is 10.5. The van der Waals surface area contributed by atoms with E-state index in [1.165, 1.54) is 0 Å². The fraction of sp³-hybridized carbons (Fsp3) is 0.0930. The summed E-state index contributed by atoms with van der Waals surface area (Å²) in [5.41, 5.74) is 11.1. The zero-order valence-electron chi connectivity index (χ0n) is 27.7. The molecule has 0 bridgehead atoms. The summed E-state index contributed by atoms with van der Waals surface area (Å²) in [6.07, 6.45) is 1.57. The molecule has 0 aliphatic carbocycles. The van der Waals surface area contributed by atoms with Crippen LogP contribution in [0, 0.1) is 32.0 Å². The number of hydrogen-bond acceptors (Lipinski definition) is 3. The Kier molecular flexibility index (Phi) is 12.9. The fourth-order valence-corrected chi connectivity index (χ4v) is 4.76. The van der Waals surface area contributed by atoms with Crippen molar-refractivity contribution >= 4 is 0 Å².